The number of nitrogens with one attached hydrogen (secondary N) is 1. The smallest absolute Gasteiger partial charge is 0.264 e. The summed E-state index contributed by atoms with van der Waals surface area (Å²) >= 11 is 6.24. The molecule has 0 aromatic heterocycles. The Kier molecular flexibility index (Phi) is 7.44. The third kappa shape index (κ3) is 5.86. The average molecular weight is 543 g/mol. The fourth-order valence-electron chi connectivity index (χ4n) is 4.45. The molecule has 1 unspecified atom stereocenters. The van der Waals surface area contributed by atoms with E-state index in [0.717, 1.165) is 15.4 Å². The molecule has 1 amide bonds. The Morgan fingerprint density at radius 3 is 2.49 bits per heavy atom. The van der Waals surface area contributed by atoms with Gasteiger partial charge >= 0.3 is 0 Å². The van der Waals surface area contributed by atoms with Gasteiger partial charge in [0, 0.05) is 23.1 Å². The number of rotatable bonds is 7. The Morgan fingerprint density at radius 1 is 1.11 bits per heavy atom. The van der Waals surface area contributed by atoms with Crippen molar-refractivity contribution in [3.8, 4) is 11.5 Å². The lowest BCUT2D eigenvalue weighted by atomic mass is 9.89. The summed E-state index contributed by atoms with van der Waals surface area (Å²) in [6.45, 7) is 7.13. The fourth-order valence-corrected chi connectivity index (χ4v) is 6.09. The van der Waals surface area contributed by atoms with Gasteiger partial charge < -0.3 is 14.8 Å². The number of anilines is 1. The van der Waals surface area contributed by atoms with Crippen LogP contribution in [0.15, 0.2) is 65.6 Å². The maximum absolute atomic E-state index is 13.8. The number of fused-ring (bicyclic) bond motifs is 1. The maximum atomic E-state index is 13.8. The maximum Gasteiger partial charge on any atom is 0.264 e. The van der Waals surface area contributed by atoms with Crippen LogP contribution in [0.1, 0.15) is 43.0 Å². The molecule has 196 valence electrons. The highest BCUT2D eigenvalue weighted by Crippen LogP contribution is 2.41. The summed E-state index contributed by atoms with van der Waals surface area (Å²) in [5.74, 6) is 0.823. The highest BCUT2D eigenvalue weighted by Gasteiger charge is 2.36. The SMILES string of the molecule is COc1ccc2c(c1)OC(C)(C)CC2NC(=O)CN(c1cc(Cl)ccc1C)S(=O)(=O)c1ccc(C)cc1. The molecule has 0 spiro atoms. The van der Waals surface area contributed by atoms with Crippen LogP contribution >= 0.6 is 11.6 Å². The van der Waals surface area contributed by atoms with Gasteiger partial charge in [0.05, 0.1) is 23.7 Å². The number of benzene rings is 3. The third-order valence-corrected chi connectivity index (χ3v) is 8.36. The van der Waals surface area contributed by atoms with E-state index >= 15 is 0 Å². The van der Waals surface area contributed by atoms with Crippen molar-refractivity contribution < 1.29 is 22.7 Å². The van der Waals surface area contributed by atoms with Gasteiger partial charge in [0.15, 0.2) is 0 Å². The van der Waals surface area contributed by atoms with Crippen LogP contribution < -0.4 is 19.1 Å². The standard InChI is InChI=1S/C28H31ClN2O5S/c1-18-6-11-22(12-7-18)37(33,34)31(25-14-20(29)9-8-19(25)2)17-27(32)30-24-16-28(3,4)36-26-15-21(35-5)10-13-23(24)26/h6-15,24H,16-17H2,1-5H3,(H,30,32). The van der Waals surface area contributed by atoms with E-state index < -0.39 is 28.1 Å². The van der Waals surface area contributed by atoms with E-state index in [1.54, 1.807) is 62.6 Å². The summed E-state index contributed by atoms with van der Waals surface area (Å²) in [4.78, 5) is 13.5. The molecule has 0 fully saturated rings. The first-order valence-corrected chi connectivity index (χ1v) is 13.7. The van der Waals surface area contributed by atoms with Gasteiger partial charge in [-0.25, -0.2) is 8.42 Å². The van der Waals surface area contributed by atoms with Crippen LogP contribution in [0.25, 0.3) is 0 Å². The summed E-state index contributed by atoms with van der Waals surface area (Å²) < 4.78 is 40.1. The molecular weight excluding hydrogens is 512 g/mol. The van der Waals surface area contributed by atoms with Crippen LogP contribution in [-0.4, -0.2) is 33.6 Å². The highest BCUT2D eigenvalue weighted by atomic mass is 35.5. The molecule has 0 radical (unpaired) electrons. The zero-order valence-electron chi connectivity index (χ0n) is 21.5. The number of hydrogen-bond donors (Lipinski definition) is 1. The van der Waals surface area contributed by atoms with E-state index in [1.165, 1.54) is 0 Å². The minimum atomic E-state index is -4.07. The van der Waals surface area contributed by atoms with Crippen molar-refractivity contribution in [3.63, 3.8) is 0 Å². The number of sulfonamides is 1. The number of carbonyl (C=O) groups excluding carboxylic acids is 1. The quantitative estimate of drug-likeness (QED) is 0.421. The number of halogens is 1. The van der Waals surface area contributed by atoms with Gasteiger partial charge in [-0.3, -0.25) is 9.10 Å². The summed E-state index contributed by atoms with van der Waals surface area (Å²) in [7, 11) is -2.49. The topological polar surface area (TPSA) is 84.9 Å². The second-order valence-electron chi connectivity index (χ2n) is 9.85. The summed E-state index contributed by atoms with van der Waals surface area (Å²) in [5, 5.41) is 3.41. The van der Waals surface area contributed by atoms with E-state index in [4.69, 9.17) is 21.1 Å². The van der Waals surface area contributed by atoms with Crippen molar-refractivity contribution in [2.24, 2.45) is 0 Å². The van der Waals surface area contributed by atoms with Crippen molar-refractivity contribution in [3.05, 3.63) is 82.4 Å². The molecule has 1 heterocycles. The predicted molar refractivity (Wildman–Crippen MR) is 145 cm³/mol. The molecule has 1 N–H and O–H groups in total. The molecular formula is C28H31ClN2O5S. The molecule has 0 bridgehead atoms. The lowest BCUT2D eigenvalue weighted by Crippen LogP contribution is -2.45. The Hall–Kier alpha value is -3.23. The van der Waals surface area contributed by atoms with Gasteiger partial charge in [0.1, 0.15) is 23.6 Å². The van der Waals surface area contributed by atoms with E-state index in [9.17, 15) is 13.2 Å². The van der Waals surface area contributed by atoms with Crippen LogP contribution in [0.3, 0.4) is 0 Å². The molecule has 0 saturated heterocycles. The third-order valence-electron chi connectivity index (χ3n) is 6.35. The Balaban J connectivity index is 1.68. The predicted octanol–water partition coefficient (Wildman–Crippen LogP) is 5.58. The highest BCUT2D eigenvalue weighted by molar-refractivity contribution is 7.92. The molecule has 0 aliphatic carbocycles. The molecule has 4 rings (SSSR count). The van der Waals surface area contributed by atoms with Crippen LogP contribution in [0.4, 0.5) is 5.69 Å². The number of hydrogen-bond acceptors (Lipinski definition) is 5. The van der Waals surface area contributed by atoms with Gasteiger partial charge in [-0.2, -0.15) is 0 Å². The number of carbonyl (C=O) groups is 1. The monoisotopic (exact) mass is 542 g/mol. The van der Waals surface area contributed by atoms with Crippen molar-refractivity contribution in [1.29, 1.82) is 0 Å². The molecule has 1 atom stereocenters. The number of ether oxygens (including phenoxy) is 2. The normalized spacial score (nSPS) is 16.3. The summed E-state index contributed by atoms with van der Waals surface area (Å²) in [5.41, 5.74) is 2.22. The summed E-state index contributed by atoms with van der Waals surface area (Å²) in [6.07, 6.45) is 0.513. The molecule has 9 heteroatoms. The first-order chi connectivity index (χ1) is 17.4. The van der Waals surface area contributed by atoms with E-state index in [0.29, 0.717) is 34.2 Å². The Labute approximate surface area is 223 Å². The minimum absolute atomic E-state index is 0.0925. The molecule has 3 aromatic rings. The molecule has 1 aliphatic heterocycles. The lowest BCUT2D eigenvalue weighted by Gasteiger charge is -2.38. The lowest BCUT2D eigenvalue weighted by molar-refractivity contribution is -0.120. The Morgan fingerprint density at radius 2 is 1.81 bits per heavy atom. The average Bonchev–Trinajstić information content (AvgIpc) is 2.83. The van der Waals surface area contributed by atoms with Gasteiger partial charge in [0.25, 0.3) is 10.0 Å². The molecule has 3 aromatic carbocycles. The van der Waals surface area contributed by atoms with Gasteiger partial charge in [-0.05, 0) is 69.7 Å². The van der Waals surface area contributed by atoms with Crippen LogP contribution in [0.2, 0.25) is 5.02 Å². The molecule has 1 aliphatic rings. The van der Waals surface area contributed by atoms with Crippen LogP contribution in [0.5, 0.6) is 11.5 Å². The van der Waals surface area contributed by atoms with Crippen molar-refractivity contribution >= 4 is 33.2 Å². The number of amides is 1. The van der Waals surface area contributed by atoms with E-state index in [-0.39, 0.29) is 10.9 Å². The van der Waals surface area contributed by atoms with Crippen molar-refractivity contribution in [1.82, 2.24) is 5.32 Å². The first-order valence-electron chi connectivity index (χ1n) is 11.9. The Bertz CT molecular complexity index is 1420. The van der Waals surface area contributed by atoms with Gasteiger partial charge in [-0.1, -0.05) is 35.4 Å². The van der Waals surface area contributed by atoms with Crippen LogP contribution in [0, 0.1) is 13.8 Å². The van der Waals surface area contributed by atoms with Gasteiger partial charge in [0.2, 0.25) is 5.91 Å². The van der Waals surface area contributed by atoms with Crippen LogP contribution in [-0.2, 0) is 14.8 Å². The molecule has 0 saturated carbocycles. The number of nitrogens with zero attached hydrogens (tertiary/aromatic N) is 1. The minimum Gasteiger partial charge on any atom is -0.497 e. The van der Waals surface area contributed by atoms with E-state index in [1.807, 2.05) is 32.9 Å². The zero-order valence-corrected chi connectivity index (χ0v) is 23.1. The number of methoxy groups -OCH3 is 1. The first kappa shape index (κ1) is 26.8. The fraction of sp³-hybridized carbons (Fsp3) is 0.321. The molecule has 7 nitrogen and oxygen atoms in total. The second kappa shape index (κ2) is 10.3. The second-order valence-corrected chi connectivity index (χ2v) is 12.1. The summed E-state index contributed by atoms with van der Waals surface area (Å²) in [6, 6.07) is 16.6. The van der Waals surface area contributed by atoms with E-state index in [2.05, 4.69) is 5.32 Å². The molecule has 37 heavy (non-hydrogen) atoms. The zero-order chi connectivity index (χ0) is 27.0. The van der Waals surface area contributed by atoms with Gasteiger partial charge in [-0.15, -0.1) is 0 Å². The number of aryl methyl sites for hydroxylation is 2. The van der Waals surface area contributed by atoms with Crippen molar-refractivity contribution in [2.45, 2.75) is 50.7 Å². The largest absolute Gasteiger partial charge is 0.497 e. The van der Waals surface area contributed by atoms with Crippen molar-refractivity contribution in [2.75, 3.05) is 18.0 Å².